The van der Waals surface area contributed by atoms with Crippen LogP contribution in [0.25, 0.3) is 10.9 Å². The summed E-state index contributed by atoms with van der Waals surface area (Å²) in [6.45, 7) is 0. The van der Waals surface area contributed by atoms with E-state index in [-0.39, 0.29) is 5.95 Å². The number of rotatable bonds is 1. The summed E-state index contributed by atoms with van der Waals surface area (Å²) in [4.78, 5) is 8.08. The summed E-state index contributed by atoms with van der Waals surface area (Å²) in [5, 5.41) is 0.852. The number of nitrogens with zero attached hydrogens (tertiary/aromatic N) is 2. The maximum Gasteiger partial charge on any atom is 0.225 e. The lowest BCUT2D eigenvalue weighted by atomic mass is 10.2. The van der Waals surface area contributed by atoms with Gasteiger partial charge in [-0.2, -0.15) is 4.98 Å². The lowest BCUT2D eigenvalue weighted by molar-refractivity contribution is 0.403. The maximum absolute atomic E-state index is 5.53. The largest absolute Gasteiger partial charge is 0.480 e. The Morgan fingerprint density at radius 2 is 2.14 bits per heavy atom. The van der Waals surface area contributed by atoms with Crippen LogP contribution >= 0.6 is 15.9 Å². The highest BCUT2D eigenvalue weighted by atomic mass is 79.9. The summed E-state index contributed by atoms with van der Waals surface area (Å²) >= 11 is 3.36. The van der Waals surface area contributed by atoms with Gasteiger partial charge in [0.05, 0.1) is 18.0 Å². The number of aromatic nitrogens is 2. The third kappa shape index (κ3) is 1.50. The zero-order chi connectivity index (χ0) is 10.1. The second kappa shape index (κ2) is 3.42. The quantitative estimate of drug-likeness (QED) is 0.845. The fourth-order valence-electron chi connectivity index (χ4n) is 1.25. The predicted molar refractivity (Wildman–Crippen MR) is 58.2 cm³/mol. The van der Waals surface area contributed by atoms with Crippen LogP contribution in [0.2, 0.25) is 0 Å². The van der Waals surface area contributed by atoms with Crippen LogP contribution in [0.1, 0.15) is 0 Å². The van der Waals surface area contributed by atoms with Gasteiger partial charge in [-0.3, -0.25) is 0 Å². The molecule has 14 heavy (non-hydrogen) atoms. The van der Waals surface area contributed by atoms with Crippen LogP contribution in [0.4, 0.5) is 5.95 Å². The summed E-state index contributed by atoms with van der Waals surface area (Å²) in [6.07, 6.45) is 0. The molecule has 0 amide bonds. The number of methoxy groups -OCH3 is 1. The molecule has 0 bridgehead atoms. The Balaban J connectivity index is 2.81. The van der Waals surface area contributed by atoms with Gasteiger partial charge >= 0.3 is 0 Å². The first-order valence-electron chi connectivity index (χ1n) is 3.97. The first-order chi connectivity index (χ1) is 6.70. The van der Waals surface area contributed by atoms with E-state index in [1.165, 1.54) is 0 Å². The Labute approximate surface area is 89.2 Å². The highest BCUT2D eigenvalue weighted by Gasteiger charge is 2.05. The van der Waals surface area contributed by atoms with E-state index >= 15 is 0 Å². The molecule has 5 heteroatoms. The fourth-order valence-corrected chi connectivity index (χ4v) is 1.60. The molecule has 0 fully saturated rings. The fraction of sp³-hybridized carbons (Fsp3) is 0.111. The Kier molecular flexibility index (Phi) is 2.25. The first kappa shape index (κ1) is 9.21. The standard InChI is InChI=1S/C9H8BrN3O/c1-14-8-6-3-2-5(10)4-7(6)12-9(11)13-8/h2-4H,1H3,(H2,11,12,13). The van der Waals surface area contributed by atoms with Crippen molar-refractivity contribution in [3.8, 4) is 5.88 Å². The van der Waals surface area contributed by atoms with Gasteiger partial charge in [-0.05, 0) is 18.2 Å². The average Bonchev–Trinajstić information content (AvgIpc) is 2.15. The molecule has 0 spiro atoms. The van der Waals surface area contributed by atoms with E-state index in [4.69, 9.17) is 10.5 Å². The Morgan fingerprint density at radius 3 is 2.86 bits per heavy atom. The van der Waals surface area contributed by atoms with Crippen molar-refractivity contribution < 1.29 is 4.74 Å². The molecule has 0 aliphatic heterocycles. The smallest absolute Gasteiger partial charge is 0.225 e. The molecule has 2 aromatic rings. The molecular weight excluding hydrogens is 246 g/mol. The molecule has 4 nitrogen and oxygen atoms in total. The predicted octanol–water partition coefficient (Wildman–Crippen LogP) is 1.98. The number of hydrogen-bond donors (Lipinski definition) is 1. The monoisotopic (exact) mass is 253 g/mol. The summed E-state index contributed by atoms with van der Waals surface area (Å²) in [5.41, 5.74) is 6.30. The van der Waals surface area contributed by atoms with Crippen LogP contribution in [-0.4, -0.2) is 17.1 Å². The average molecular weight is 254 g/mol. The highest BCUT2D eigenvalue weighted by molar-refractivity contribution is 9.10. The number of ether oxygens (including phenoxy) is 1. The van der Waals surface area contributed by atoms with E-state index in [2.05, 4.69) is 25.9 Å². The van der Waals surface area contributed by atoms with Gasteiger partial charge in [-0.1, -0.05) is 15.9 Å². The minimum absolute atomic E-state index is 0.215. The van der Waals surface area contributed by atoms with Gasteiger partial charge in [-0.15, -0.1) is 0 Å². The molecule has 0 aliphatic rings. The van der Waals surface area contributed by atoms with E-state index in [0.717, 1.165) is 15.4 Å². The van der Waals surface area contributed by atoms with Crippen LogP contribution in [-0.2, 0) is 0 Å². The van der Waals surface area contributed by atoms with Crippen molar-refractivity contribution in [3.05, 3.63) is 22.7 Å². The number of benzene rings is 1. The third-order valence-corrected chi connectivity index (χ3v) is 2.33. The molecule has 0 saturated carbocycles. The van der Waals surface area contributed by atoms with Crippen molar-refractivity contribution >= 4 is 32.8 Å². The topological polar surface area (TPSA) is 61.0 Å². The van der Waals surface area contributed by atoms with Gasteiger partial charge in [0, 0.05) is 4.47 Å². The van der Waals surface area contributed by atoms with Crippen LogP contribution in [0.5, 0.6) is 5.88 Å². The van der Waals surface area contributed by atoms with E-state index < -0.39 is 0 Å². The first-order valence-corrected chi connectivity index (χ1v) is 4.77. The molecule has 1 aromatic heterocycles. The zero-order valence-electron chi connectivity index (χ0n) is 7.49. The maximum atomic E-state index is 5.53. The van der Waals surface area contributed by atoms with Crippen molar-refractivity contribution in [2.75, 3.05) is 12.8 Å². The molecule has 1 heterocycles. The van der Waals surface area contributed by atoms with Crippen LogP contribution in [0.3, 0.4) is 0 Å². The lowest BCUT2D eigenvalue weighted by Crippen LogP contribution is -1.98. The molecule has 0 atom stereocenters. The molecule has 1 aromatic carbocycles. The van der Waals surface area contributed by atoms with Crippen LogP contribution in [0, 0.1) is 0 Å². The van der Waals surface area contributed by atoms with Gasteiger partial charge in [0.2, 0.25) is 11.8 Å². The molecule has 2 rings (SSSR count). The number of halogens is 1. The molecule has 0 aliphatic carbocycles. The van der Waals surface area contributed by atoms with E-state index in [1.807, 2.05) is 18.2 Å². The van der Waals surface area contributed by atoms with Gasteiger partial charge < -0.3 is 10.5 Å². The van der Waals surface area contributed by atoms with Crippen LogP contribution in [0.15, 0.2) is 22.7 Å². The van der Waals surface area contributed by atoms with Crippen molar-refractivity contribution in [2.24, 2.45) is 0 Å². The zero-order valence-corrected chi connectivity index (χ0v) is 9.08. The molecular formula is C9H8BrN3O. The van der Waals surface area contributed by atoms with E-state index in [0.29, 0.717) is 5.88 Å². The Bertz CT molecular complexity index is 481. The van der Waals surface area contributed by atoms with Gasteiger partial charge in [0.15, 0.2) is 0 Å². The number of fused-ring (bicyclic) bond motifs is 1. The van der Waals surface area contributed by atoms with Crippen molar-refractivity contribution in [1.82, 2.24) is 9.97 Å². The SMILES string of the molecule is COc1nc(N)nc2cc(Br)ccc12. The number of nitrogen functional groups attached to an aromatic ring is 1. The summed E-state index contributed by atoms with van der Waals surface area (Å²) in [7, 11) is 1.56. The number of nitrogens with two attached hydrogens (primary N) is 1. The minimum atomic E-state index is 0.215. The second-order valence-corrected chi connectivity index (χ2v) is 3.67. The molecule has 0 unspecified atom stereocenters. The Hall–Kier alpha value is -1.36. The molecule has 72 valence electrons. The molecule has 0 radical (unpaired) electrons. The highest BCUT2D eigenvalue weighted by Crippen LogP contribution is 2.25. The van der Waals surface area contributed by atoms with Crippen molar-refractivity contribution in [1.29, 1.82) is 0 Å². The van der Waals surface area contributed by atoms with Crippen molar-refractivity contribution in [2.45, 2.75) is 0 Å². The Morgan fingerprint density at radius 1 is 1.36 bits per heavy atom. The number of anilines is 1. The summed E-state index contributed by atoms with van der Waals surface area (Å²) < 4.78 is 6.05. The van der Waals surface area contributed by atoms with Crippen molar-refractivity contribution in [3.63, 3.8) is 0 Å². The van der Waals surface area contributed by atoms with E-state index in [1.54, 1.807) is 7.11 Å². The van der Waals surface area contributed by atoms with Crippen LogP contribution < -0.4 is 10.5 Å². The summed E-state index contributed by atoms with van der Waals surface area (Å²) in [5.74, 6) is 0.715. The molecule has 0 saturated heterocycles. The second-order valence-electron chi connectivity index (χ2n) is 2.75. The van der Waals surface area contributed by atoms with E-state index in [9.17, 15) is 0 Å². The van der Waals surface area contributed by atoms with Gasteiger partial charge in [-0.25, -0.2) is 4.98 Å². The summed E-state index contributed by atoms with van der Waals surface area (Å²) in [6, 6.07) is 5.66. The minimum Gasteiger partial charge on any atom is -0.480 e. The number of hydrogen-bond acceptors (Lipinski definition) is 4. The van der Waals surface area contributed by atoms with Gasteiger partial charge in [0.1, 0.15) is 0 Å². The van der Waals surface area contributed by atoms with Gasteiger partial charge in [0.25, 0.3) is 0 Å². The lowest BCUT2D eigenvalue weighted by Gasteiger charge is -2.04. The third-order valence-electron chi connectivity index (χ3n) is 1.83. The molecule has 2 N–H and O–H groups in total. The normalized spacial score (nSPS) is 10.4.